The van der Waals surface area contributed by atoms with Gasteiger partial charge in [0.2, 0.25) is 0 Å². The fraction of sp³-hybridized carbons (Fsp3) is 0.158. The second-order valence-electron chi connectivity index (χ2n) is 5.42. The predicted octanol–water partition coefficient (Wildman–Crippen LogP) is 2.96. The number of hydrogen-bond donors (Lipinski definition) is 2. The van der Waals surface area contributed by atoms with Gasteiger partial charge in [-0.05, 0) is 35.9 Å². The predicted molar refractivity (Wildman–Crippen MR) is 99.5 cm³/mol. The number of rotatable bonds is 6. The van der Waals surface area contributed by atoms with Crippen molar-refractivity contribution in [1.29, 1.82) is 0 Å². The molecule has 1 aromatic heterocycles. The molecular weight excluding hydrogens is 334 g/mol. The molecule has 0 aliphatic heterocycles. The molecule has 26 heavy (non-hydrogen) atoms. The third-order valence-electron chi connectivity index (χ3n) is 3.86. The quantitative estimate of drug-likeness (QED) is 0.527. The van der Waals surface area contributed by atoms with Crippen LogP contribution in [0.15, 0.2) is 47.6 Å². The molecule has 7 heteroatoms. The van der Waals surface area contributed by atoms with Crippen LogP contribution in [-0.2, 0) is 0 Å². The first-order valence-corrected chi connectivity index (χ1v) is 7.87. The zero-order valence-corrected chi connectivity index (χ0v) is 14.7. The number of aromatic amines is 1. The number of amides is 1. The summed E-state index contributed by atoms with van der Waals surface area (Å²) in [5.74, 6) is 1.53. The van der Waals surface area contributed by atoms with Crippen molar-refractivity contribution in [3.63, 3.8) is 0 Å². The van der Waals surface area contributed by atoms with E-state index in [1.54, 1.807) is 39.7 Å². The summed E-state index contributed by atoms with van der Waals surface area (Å²) >= 11 is 0. The number of aromatic nitrogens is 1. The Bertz CT molecular complexity index is 963. The molecule has 0 atom stereocenters. The van der Waals surface area contributed by atoms with Gasteiger partial charge >= 0.3 is 0 Å². The van der Waals surface area contributed by atoms with E-state index in [9.17, 15) is 4.79 Å². The summed E-state index contributed by atoms with van der Waals surface area (Å²) in [7, 11) is 4.72. The summed E-state index contributed by atoms with van der Waals surface area (Å²) in [4.78, 5) is 15.4. The van der Waals surface area contributed by atoms with Crippen LogP contribution in [0.25, 0.3) is 10.9 Å². The van der Waals surface area contributed by atoms with Crippen molar-refractivity contribution < 1.29 is 19.0 Å². The van der Waals surface area contributed by atoms with Crippen molar-refractivity contribution in [2.24, 2.45) is 5.10 Å². The number of ether oxygens (including phenoxy) is 3. The van der Waals surface area contributed by atoms with Crippen molar-refractivity contribution in [1.82, 2.24) is 10.4 Å². The molecule has 0 radical (unpaired) electrons. The molecule has 0 bridgehead atoms. The molecule has 0 spiro atoms. The Labute approximate surface area is 150 Å². The van der Waals surface area contributed by atoms with Gasteiger partial charge in [0.15, 0.2) is 11.5 Å². The number of H-pyrrole nitrogens is 1. The molecule has 0 unspecified atom stereocenters. The highest BCUT2D eigenvalue weighted by Gasteiger charge is 2.14. The second-order valence-corrected chi connectivity index (χ2v) is 5.42. The molecule has 3 rings (SSSR count). The van der Waals surface area contributed by atoms with Crippen molar-refractivity contribution >= 4 is 23.0 Å². The van der Waals surface area contributed by atoms with Crippen molar-refractivity contribution in [3.05, 3.63) is 53.7 Å². The van der Waals surface area contributed by atoms with Gasteiger partial charge in [0.25, 0.3) is 5.91 Å². The maximum atomic E-state index is 12.3. The zero-order chi connectivity index (χ0) is 18.5. The Morgan fingerprint density at radius 3 is 2.65 bits per heavy atom. The van der Waals surface area contributed by atoms with Gasteiger partial charge in [-0.15, -0.1) is 0 Å². The van der Waals surface area contributed by atoms with E-state index in [1.807, 2.05) is 30.3 Å². The van der Waals surface area contributed by atoms with Crippen molar-refractivity contribution in [2.45, 2.75) is 0 Å². The number of nitrogens with one attached hydrogen (secondary N) is 2. The van der Waals surface area contributed by atoms with E-state index in [0.29, 0.717) is 17.2 Å². The number of carbonyl (C=O) groups excluding carboxylic acids is 1. The molecule has 2 N–H and O–H groups in total. The topological polar surface area (TPSA) is 84.9 Å². The van der Waals surface area contributed by atoms with Crippen molar-refractivity contribution in [3.8, 4) is 17.2 Å². The lowest BCUT2D eigenvalue weighted by molar-refractivity contribution is 0.0951. The average Bonchev–Trinajstić information content (AvgIpc) is 3.11. The summed E-state index contributed by atoms with van der Waals surface area (Å²) in [5.41, 5.74) is 4.45. The van der Waals surface area contributed by atoms with E-state index in [4.69, 9.17) is 14.2 Å². The zero-order valence-electron chi connectivity index (χ0n) is 14.7. The monoisotopic (exact) mass is 353 g/mol. The fourth-order valence-corrected chi connectivity index (χ4v) is 2.60. The number of benzene rings is 2. The van der Waals surface area contributed by atoms with Gasteiger partial charge < -0.3 is 19.2 Å². The van der Waals surface area contributed by atoms with Gasteiger partial charge in [0, 0.05) is 5.39 Å². The van der Waals surface area contributed by atoms with E-state index < -0.39 is 0 Å². The van der Waals surface area contributed by atoms with E-state index in [2.05, 4.69) is 15.5 Å². The summed E-state index contributed by atoms with van der Waals surface area (Å²) < 4.78 is 15.8. The third kappa shape index (κ3) is 3.46. The van der Waals surface area contributed by atoms with Crippen LogP contribution in [0.4, 0.5) is 0 Å². The van der Waals surface area contributed by atoms with Gasteiger partial charge in [-0.3, -0.25) is 4.79 Å². The van der Waals surface area contributed by atoms with Gasteiger partial charge in [-0.25, -0.2) is 5.43 Å². The van der Waals surface area contributed by atoms with Crippen LogP contribution < -0.4 is 19.6 Å². The van der Waals surface area contributed by atoms with E-state index in [1.165, 1.54) is 0 Å². The standard InChI is InChI=1S/C19H19N3O4/c1-24-13-6-4-5-12(9-13)11-20-22-19(23)16-10-14-15(21-16)7-8-17(25-2)18(14)26-3/h4-11,21H,1-3H3,(H,22,23). The lowest BCUT2D eigenvalue weighted by Gasteiger charge is -2.07. The Morgan fingerprint density at radius 1 is 1.08 bits per heavy atom. The van der Waals surface area contributed by atoms with Crippen LogP contribution in [0.3, 0.4) is 0 Å². The van der Waals surface area contributed by atoms with E-state index in [0.717, 1.165) is 22.2 Å². The Balaban J connectivity index is 1.78. The molecule has 2 aromatic carbocycles. The summed E-state index contributed by atoms with van der Waals surface area (Å²) in [5, 5.41) is 4.74. The van der Waals surface area contributed by atoms with E-state index in [-0.39, 0.29) is 5.91 Å². The molecule has 0 saturated carbocycles. The Hall–Kier alpha value is -3.48. The molecule has 0 aliphatic carbocycles. The largest absolute Gasteiger partial charge is 0.497 e. The lowest BCUT2D eigenvalue weighted by Crippen LogP contribution is -2.17. The first-order chi connectivity index (χ1) is 12.7. The second kappa shape index (κ2) is 7.60. The van der Waals surface area contributed by atoms with Gasteiger partial charge in [0.05, 0.1) is 33.1 Å². The number of methoxy groups -OCH3 is 3. The lowest BCUT2D eigenvalue weighted by atomic mass is 10.2. The highest BCUT2D eigenvalue weighted by atomic mass is 16.5. The summed E-state index contributed by atoms with van der Waals surface area (Å²) in [6.45, 7) is 0. The molecular formula is C19H19N3O4. The molecule has 134 valence electrons. The smallest absolute Gasteiger partial charge is 0.287 e. The van der Waals surface area contributed by atoms with Crippen LogP contribution in [0.5, 0.6) is 17.2 Å². The molecule has 0 fully saturated rings. The first kappa shape index (κ1) is 17.3. The number of carbonyl (C=O) groups is 1. The highest BCUT2D eigenvalue weighted by Crippen LogP contribution is 2.35. The van der Waals surface area contributed by atoms with Crippen LogP contribution in [-0.4, -0.2) is 38.4 Å². The molecule has 3 aromatic rings. The minimum absolute atomic E-state index is 0.360. The van der Waals surface area contributed by atoms with Gasteiger partial charge in [-0.2, -0.15) is 5.10 Å². The van der Waals surface area contributed by atoms with Gasteiger partial charge in [0.1, 0.15) is 11.4 Å². The molecule has 1 amide bonds. The number of fused-ring (bicyclic) bond motifs is 1. The van der Waals surface area contributed by atoms with Crippen LogP contribution in [0, 0.1) is 0 Å². The number of nitrogens with zero attached hydrogens (tertiary/aromatic N) is 1. The third-order valence-corrected chi connectivity index (χ3v) is 3.86. The Kier molecular flexibility index (Phi) is 5.07. The van der Waals surface area contributed by atoms with Crippen LogP contribution in [0.2, 0.25) is 0 Å². The summed E-state index contributed by atoms with van der Waals surface area (Å²) in [6, 6.07) is 12.7. The van der Waals surface area contributed by atoms with Crippen molar-refractivity contribution in [2.75, 3.05) is 21.3 Å². The first-order valence-electron chi connectivity index (χ1n) is 7.87. The Morgan fingerprint density at radius 2 is 1.92 bits per heavy atom. The maximum Gasteiger partial charge on any atom is 0.287 e. The van der Waals surface area contributed by atoms with E-state index >= 15 is 0 Å². The number of hydrazone groups is 1. The minimum atomic E-state index is -0.360. The average molecular weight is 353 g/mol. The molecule has 0 saturated heterocycles. The molecule has 0 aliphatic rings. The number of hydrogen-bond acceptors (Lipinski definition) is 5. The SMILES string of the molecule is COc1cccc(C=NNC(=O)c2cc3c(OC)c(OC)ccc3[nH]2)c1. The highest BCUT2D eigenvalue weighted by molar-refractivity contribution is 6.00. The normalized spacial score (nSPS) is 10.9. The minimum Gasteiger partial charge on any atom is -0.497 e. The van der Waals surface area contributed by atoms with Gasteiger partial charge in [-0.1, -0.05) is 12.1 Å². The van der Waals surface area contributed by atoms with Crippen LogP contribution >= 0.6 is 0 Å². The molecule has 7 nitrogen and oxygen atoms in total. The fourth-order valence-electron chi connectivity index (χ4n) is 2.60. The molecule has 1 heterocycles. The summed E-state index contributed by atoms with van der Waals surface area (Å²) in [6.07, 6.45) is 1.55. The maximum absolute atomic E-state index is 12.3. The van der Waals surface area contributed by atoms with Crippen LogP contribution in [0.1, 0.15) is 16.1 Å².